The Morgan fingerprint density at radius 1 is 1.04 bits per heavy atom. The number of methoxy groups -OCH3 is 1. The lowest BCUT2D eigenvalue weighted by Crippen LogP contribution is -2.10. The van der Waals surface area contributed by atoms with E-state index < -0.39 is 0 Å². The lowest BCUT2D eigenvalue weighted by molar-refractivity contribution is 0.103. The summed E-state index contributed by atoms with van der Waals surface area (Å²) in [6, 6.07) is 16.3. The molecule has 2 aromatic carbocycles. The van der Waals surface area contributed by atoms with Crippen LogP contribution in [0, 0.1) is 0 Å². The van der Waals surface area contributed by atoms with Crippen LogP contribution in [0.4, 0.5) is 5.69 Å². The van der Waals surface area contributed by atoms with E-state index in [1.807, 2.05) is 24.3 Å². The first kappa shape index (κ1) is 17.8. The molecule has 1 aliphatic carbocycles. The quantitative estimate of drug-likeness (QED) is 0.615. The fourth-order valence-corrected chi connectivity index (χ4v) is 4.66. The Balaban J connectivity index is 1.57. The van der Waals surface area contributed by atoms with Crippen LogP contribution in [0.5, 0.6) is 5.75 Å². The maximum atomic E-state index is 12.7. The van der Waals surface area contributed by atoms with E-state index in [0.29, 0.717) is 5.92 Å². The zero-order valence-corrected chi connectivity index (χ0v) is 16.7. The Labute approximate surface area is 164 Å². The van der Waals surface area contributed by atoms with Crippen molar-refractivity contribution in [3.05, 3.63) is 70.1 Å². The highest BCUT2D eigenvalue weighted by Gasteiger charge is 2.22. The van der Waals surface area contributed by atoms with Crippen LogP contribution in [0.2, 0.25) is 0 Å². The molecule has 0 atom stereocenters. The monoisotopic (exact) mass is 377 g/mol. The lowest BCUT2D eigenvalue weighted by Gasteiger charge is -2.16. The molecule has 3 nitrogen and oxygen atoms in total. The molecule has 0 bridgehead atoms. The average Bonchev–Trinajstić information content (AvgIpc) is 3.13. The molecule has 138 valence electrons. The molecule has 3 aromatic rings. The van der Waals surface area contributed by atoms with Crippen LogP contribution in [-0.4, -0.2) is 13.0 Å². The molecule has 27 heavy (non-hydrogen) atoms. The van der Waals surface area contributed by atoms with Gasteiger partial charge in [0.15, 0.2) is 0 Å². The zero-order valence-electron chi connectivity index (χ0n) is 15.8. The smallest absolute Gasteiger partial charge is 0.265 e. The summed E-state index contributed by atoms with van der Waals surface area (Å²) in [5, 5.41) is 3.03. The number of carbonyl (C=O) groups excluding carboxylic acids is 1. The summed E-state index contributed by atoms with van der Waals surface area (Å²) in [6.45, 7) is 4.33. The number of hydrogen-bond donors (Lipinski definition) is 1. The van der Waals surface area contributed by atoms with Crippen molar-refractivity contribution in [1.29, 1.82) is 0 Å². The van der Waals surface area contributed by atoms with Crippen molar-refractivity contribution in [3.8, 4) is 16.2 Å². The van der Waals surface area contributed by atoms with Gasteiger partial charge in [0.1, 0.15) is 5.75 Å². The van der Waals surface area contributed by atoms with Gasteiger partial charge in [-0.3, -0.25) is 4.79 Å². The number of amides is 1. The fraction of sp³-hybridized carbons (Fsp3) is 0.261. The van der Waals surface area contributed by atoms with E-state index in [2.05, 4.69) is 43.4 Å². The molecule has 0 aliphatic heterocycles. The third-order valence-corrected chi connectivity index (χ3v) is 6.30. The van der Waals surface area contributed by atoms with Gasteiger partial charge in [0, 0.05) is 10.6 Å². The van der Waals surface area contributed by atoms with Crippen LogP contribution in [0.25, 0.3) is 10.4 Å². The van der Waals surface area contributed by atoms with Crippen LogP contribution in [0.1, 0.15) is 46.1 Å². The first-order chi connectivity index (χ1) is 13.0. The molecule has 0 radical (unpaired) electrons. The minimum atomic E-state index is -0.0400. The lowest BCUT2D eigenvalue weighted by atomic mass is 9.91. The molecular formula is C23H23NO2S. The van der Waals surface area contributed by atoms with Crippen LogP contribution >= 0.6 is 11.3 Å². The van der Waals surface area contributed by atoms with Crippen molar-refractivity contribution in [1.82, 2.24) is 0 Å². The van der Waals surface area contributed by atoms with E-state index in [1.54, 1.807) is 18.4 Å². The summed E-state index contributed by atoms with van der Waals surface area (Å²) in [6.07, 6.45) is 1.94. The molecule has 1 N–H and O–H groups in total. The molecule has 0 saturated heterocycles. The van der Waals surface area contributed by atoms with Gasteiger partial charge in [-0.1, -0.05) is 26.0 Å². The third-order valence-electron chi connectivity index (χ3n) is 5.09. The molecule has 1 heterocycles. The summed E-state index contributed by atoms with van der Waals surface area (Å²) in [5.74, 6) is 1.33. The first-order valence-electron chi connectivity index (χ1n) is 9.26. The number of thiophene rings is 1. The SMILES string of the molecule is COc1ccc2c(c1)CCc1cc(C(=O)Nc3ccc(C(C)C)cc3)sc1-2. The van der Waals surface area contributed by atoms with Crippen LogP contribution in [0.3, 0.4) is 0 Å². The minimum absolute atomic E-state index is 0.0400. The van der Waals surface area contributed by atoms with E-state index in [-0.39, 0.29) is 5.91 Å². The van der Waals surface area contributed by atoms with Gasteiger partial charge in [-0.05, 0) is 77.4 Å². The maximum Gasteiger partial charge on any atom is 0.265 e. The number of rotatable bonds is 4. The number of ether oxygens (including phenoxy) is 1. The zero-order chi connectivity index (χ0) is 19.0. The number of carbonyl (C=O) groups is 1. The first-order valence-corrected chi connectivity index (χ1v) is 10.1. The fourth-order valence-electron chi connectivity index (χ4n) is 3.49. The molecule has 4 rings (SSSR count). The third kappa shape index (κ3) is 3.50. The Hall–Kier alpha value is -2.59. The molecule has 0 spiro atoms. The summed E-state index contributed by atoms with van der Waals surface area (Å²) < 4.78 is 5.34. The van der Waals surface area contributed by atoms with Gasteiger partial charge >= 0.3 is 0 Å². The van der Waals surface area contributed by atoms with Gasteiger partial charge in [-0.2, -0.15) is 0 Å². The maximum absolute atomic E-state index is 12.7. The number of benzene rings is 2. The van der Waals surface area contributed by atoms with E-state index in [0.717, 1.165) is 29.2 Å². The van der Waals surface area contributed by atoms with Crippen molar-refractivity contribution in [2.24, 2.45) is 0 Å². The average molecular weight is 378 g/mol. The number of hydrogen-bond acceptors (Lipinski definition) is 3. The van der Waals surface area contributed by atoms with E-state index in [9.17, 15) is 4.79 Å². The normalized spacial score (nSPS) is 12.4. The highest BCUT2D eigenvalue weighted by atomic mass is 32.1. The molecule has 1 amide bonds. The van der Waals surface area contributed by atoms with Crippen molar-refractivity contribution < 1.29 is 9.53 Å². The highest BCUT2D eigenvalue weighted by Crippen LogP contribution is 2.41. The van der Waals surface area contributed by atoms with Gasteiger partial charge in [0.25, 0.3) is 5.91 Å². The van der Waals surface area contributed by atoms with Gasteiger partial charge in [-0.25, -0.2) is 0 Å². The molecule has 0 fully saturated rings. The van der Waals surface area contributed by atoms with Gasteiger partial charge in [0.05, 0.1) is 12.0 Å². The molecule has 0 saturated carbocycles. The largest absolute Gasteiger partial charge is 0.497 e. The van der Waals surface area contributed by atoms with E-state index in [4.69, 9.17) is 4.74 Å². The molecule has 0 unspecified atom stereocenters. The molecule has 4 heteroatoms. The molecule has 1 aliphatic rings. The van der Waals surface area contributed by atoms with Crippen molar-refractivity contribution in [2.75, 3.05) is 12.4 Å². The standard InChI is InChI=1S/C23H23NO2S/c1-14(2)15-6-8-18(9-7-15)24-23(25)21-13-17-5-4-16-12-19(26-3)10-11-20(16)22(17)27-21/h6-14H,4-5H2,1-3H3,(H,24,25). The second-order valence-corrected chi connectivity index (χ2v) is 8.27. The summed E-state index contributed by atoms with van der Waals surface area (Å²) in [4.78, 5) is 14.7. The second kappa shape index (κ2) is 7.20. The van der Waals surface area contributed by atoms with Gasteiger partial charge in [-0.15, -0.1) is 11.3 Å². The van der Waals surface area contributed by atoms with Gasteiger partial charge in [0.2, 0.25) is 0 Å². The second-order valence-electron chi connectivity index (χ2n) is 7.22. The summed E-state index contributed by atoms with van der Waals surface area (Å²) in [5.41, 5.74) is 5.88. The topological polar surface area (TPSA) is 38.3 Å². The van der Waals surface area contributed by atoms with Crippen LogP contribution in [0.15, 0.2) is 48.5 Å². The Bertz CT molecular complexity index is 986. The summed E-state index contributed by atoms with van der Waals surface area (Å²) >= 11 is 1.57. The van der Waals surface area contributed by atoms with Crippen molar-refractivity contribution in [2.45, 2.75) is 32.6 Å². The predicted octanol–water partition coefficient (Wildman–Crippen LogP) is 5.90. The molecule has 1 aromatic heterocycles. The van der Waals surface area contributed by atoms with Crippen molar-refractivity contribution >= 4 is 22.9 Å². The molecular weight excluding hydrogens is 354 g/mol. The highest BCUT2D eigenvalue weighted by molar-refractivity contribution is 7.17. The number of fused-ring (bicyclic) bond motifs is 3. The van der Waals surface area contributed by atoms with Crippen LogP contribution in [-0.2, 0) is 12.8 Å². The number of aryl methyl sites for hydroxylation is 2. The van der Waals surface area contributed by atoms with E-state index >= 15 is 0 Å². The van der Waals surface area contributed by atoms with Crippen molar-refractivity contribution in [3.63, 3.8) is 0 Å². The Kier molecular flexibility index (Phi) is 4.75. The Morgan fingerprint density at radius 3 is 2.48 bits per heavy atom. The Morgan fingerprint density at radius 2 is 1.78 bits per heavy atom. The van der Waals surface area contributed by atoms with E-state index in [1.165, 1.54) is 27.1 Å². The number of anilines is 1. The predicted molar refractivity (Wildman–Crippen MR) is 112 cm³/mol. The van der Waals surface area contributed by atoms with Gasteiger partial charge < -0.3 is 10.1 Å². The minimum Gasteiger partial charge on any atom is -0.497 e. The summed E-state index contributed by atoms with van der Waals surface area (Å²) in [7, 11) is 1.69. The number of nitrogens with one attached hydrogen (secondary N) is 1. The van der Waals surface area contributed by atoms with Crippen LogP contribution < -0.4 is 10.1 Å².